The molecule has 0 bridgehead atoms. The van der Waals surface area contributed by atoms with Gasteiger partial charge in [0.1, 0.15) is 5.82 Å². The van der Waals surface area contributed by atoms with Crippen molar-refractivity contribution in [3.05, 3.63) is 24.4 Å². The van der Waals surface area contributed by atoms with Gasteiger partial charge in [0.15, 0.2) is 5.96 Å². The molecule has 8 nitrogen and oxygen atoms in total. The Morgan fingerprint density at radius 2 is 1.87 bits per heavy atom. The third kappa shape index (κ3) is 7.78. The number of aliphatic imine (C=N–C) groups is 1. The van der Waals surface area contributed by atoms with Gasteiger partial charge >= 0.3 is 0 Å². The van der Waals surface area contributed by atoms with Crippen molar-refractivity contribution >= 4 is 41.7 Å². The number of pyridine rings is 1. The third-order valence-electron chi connectivity index (χ3n) is 5.67. The standard InChI is InChI=1S/C22H36N6O2.HI/c1-3-23-22(28-13-9-19(10-14-28)30-4-2)25-12-8-21(29)27-17-15-26(16-18-27)20-7-5-6-11-24-20;/h5-7,11,19H,3-4,8-10,12-18H2,1-2H3,(H,23,25);1H. The van der Waals surface area contributed by atoms with Crippen molar-refractivity contribution in [2.24, 2.45) is 4.99 Å². The van der Waals surface area contributed by atoms with Gasteiger partial charge in [-0.25, -0.2) is 4.98 Å². The van der Waals surface area contributed by atoms with Gasteiger partial charge in [-0.15, -0.1) is 24.0 Å². The van der Waals surface area contributed by atoms with Crippen molar-refractivity contribution in [3.63, 3.8) is 0 Å². The molecule has 174 valence electrons. The Balaban J connectivity index is 0.00000341. The van der Waals surface area contributed by atoms with E-state index < -0.39 is 0 Å². The third-order valence-corrected chi connectivity index (χ3v) is 5.67. The number of ether oxygens (including phenoxy) is 1. The molecule has 3 heterocycles. The molecular formula is C22H37IN6O2. The largest absolute Gasteiger partial charge is 0.378 e. The summed E-state index contributed by atoms with van der Waals surface area (Å²) in [7, 11) is 0. The van der Waals surface area contributed by atoms with E-state index in [2.05, 4.69) is 27.0 Å². The van der Waals surface area contributed by atoms with Gasteiger partial charge in [-0.05, 0) is 38.8 Å². The molecule has 0 atom stereocenters. The number of piperidine rings is 1. The minimum atomic E-state index is 0. The van der Waals surface area contributed by atoms with Gasteiger partial charge in [-0.2, -0.15) is 0 Å². The van der Waals surface area contributed by atoms with Crippen LogP contribution in [-0.2, 0) is 9.53 Å². The number of piperazine rings is 1. The summed E-state index contributed by atoms with van der Waals surface area (Å²) in [5, 5.41) is 3.37. The minimum Gasteiger partial charge on any atom is -0.378 e. The van der Waals surface area contributed by atoms with Gasteiger partial charge in [-0.1, -0.05) is 6.07 Å². The number of hydrogen-bond acceptors (Lipinski definition) is 5. The van der Waals surface area contributed by atoms with Gasteiger partial charge in [-0.3, -0.25) is 9.79 Å². The van der Waals surface area contributed by atoms with Crippen LogP contribution in [0.4, 0.5) is 5.82 Å². The second kappa shape index (κ2) is 13.7. The highest BCUT2D eigenvalue weighted by atomic mass is 127. The Morgan fingerprint density at radius 3 is 2.48 bits per heavy atom. The number of anilines is 1. The lowest BCUT2D eigenvalue weighted by atomic mass is 10.1. The SMILES string of the molecule is CCNC(=NCCC(=O)N1CCN(c2ccccn2)CC1)N1CCC(OCC)CC1.I. The highest BCUT2D eigenvalue weighted by Crippen LogP contribution is 2.15. The number of hydrogen-bond donors (Lipinski definition) is 1. The maximum atomic E-state index is 12.6. The first-order valence-corrected chi connectivity index (χ1v) is 11.3. The fraction of sp³-hybridized carbons (Fsp3) is 0.682. The van der Waals surface area contributed by atoms with Gasteiger partial charge in [0.2, 0.25) is 5.91 Å². The van der Waals surface area contributed by atoms with Crippen LogP contribution in [0.3, 0.4) is 0 Å². The zero-order chi connectivity index (χ0) is 21.2. The first-order chi connectivity index (χ1) is 14.7. The van der Waals surface area contributed by atoms with Gasteiger partial charge in [0.25, 0.3) is 0 Å². The summed E-state index contributed by atoms with van der Waals surface area (Å²) in [6, 6.07) is 5.94. The second-order valence-corrected chi connectivity index (χ2v) is 7.68. The summed E-state index contributed by atoms with van der Waals surface area (Å²) in [6.07, 6.45) is 4.68. The van der Waals surface area contributed by atoms with E-state index in [-0.39, 0.29) is 29.9 Å². The molecule has 2 aliphatic rings. The number of likely N-dealkylation sites (tertiary alicyclic amines) is 1. The van der Waals surface area contributed by atoms with Crippen LogP contribution in [0.1, 0.15) is 33.1 Å². The molecule has 0 aliphatic carbocycles. The topological polar surface area (TPSA) is 73.3 Å². The number of guanidine groups is 1. The zero-order valence-corrected chi connectivity index (χ0v) is 21.2. The van der Waals surface area contributed by atoms with Gasteiger partial charge in [0, 0.05) is 65.0 Å². The molecule has 0 radical (unpaired) electrons. The molecule has 2 aliphatic heterocycles. The van der Waals surface area contributed by atoms with Crippen molar-refractivity contribution in [2.45, 2.75) is 39.2 Å². The summed E-state index contributed by atoms with van der Waals surface area (Å²) >= 11 is 0. The number of amides is 1. The molecular weight excluding hydrogens is 507 g/mol. The van der Waals surface area contributed by atoms with Crippen LogP contribution in [0.5, 0.6) is 0 Å². The quantitative estimate of drug-likeness (QED) is 0.323. The molecule has 31 heavy (non-hydrogen) atoms. The fourth-order valence-corrected chi connectivity index (χ4v) is 4.04. The lowest BCUT2D eigenvalue weighted by Crippen LogP contribution is -2.49. The Labute approximate surface area is 203 Å². The van der Waals surface area contributed by atoms with Crippen LogP contribution in [0.15, 0.2) is 29.4 Å². The van der Waals surface area contributed by atoms with Crippen LogP contribution >= 0.6 is 24.0 Å². The first-order valence-electron chi connectivity index (χ1n) is 11.3. The van der Waals surface area contributed by atoms with E-state index >= 15 is 0 Å². The van der Waals surface area contributed by atoms with Crippen molar-refractivity contribution < 1.29 is 9.53 Å². The molecule has 0 unspecified atom stereocenters. The normalized spacial score (nSPS) is 18.0. The number of aromatic nitrogens is 1. The second-order valence-electron chi connectivity index (χ2n) is 7.68. The Bertz CT molecular complexity index is 674. The minimum absolute atomic E-state index is 0. The predicted octanol–water partition coefficient (Wildman–Crippen LogP) is 2.20. The van der Waals surface area contributed by atoms with E-state index in [1.807, 2.05) is 36.2 Å². The van der Waals surface area contributed by atoms with E-state index in [0.717, 1.165) is 77.0 Å². The first kappa shape index (κ1) is 25.6. The van der Waals surface area contributed by atoms with Crippen LogP contribution < -0.4 is 10.2 Å². The Kier molecular flexibility index (Phi) is 11.3. The summed E-state index contributed by atoms with van der Waals surface area (Å²) in [6.45, 7) is 11.3. The average molecular weight is 544 g/mol. The molecule has 1 aromatic rings. The lowest BCUT2D eigenvalue weighted by molar-refractivity contribution is -0.131. The van der Waals surface area contributed by atoms with E-state index in [1.54, 1.807) is 0 Å². The summed E-state index contributed by atoms with van der Waals surface area (Å²) in [5.74, 6) is 2.09. The predicted molar refractivity (Wildman–Crippen MR) is 135 cm³/mol. The van der Waals surface area contributed by atoms with Crippen molar-refractivity contribution in [1.82, 2.24) is 20.1 Å². The summed E-state index contributed by atoms with van der Waals surface area (Å²) in [4.78, 5) is 28.2. The molecule has 0 spiro atoms. The number of rotatable bonds is 7. The van der Waals surface area contributed by atoms with Crippen molar-refractivity contribution in [2.75, 3.05) is 63.9 Å². The van der Waals surface area contributed by atoms with Crippen LogP contribution in [0.2, 0.25) is 0 Å². The molecule has 0 saturated carbocycles. The number of carbonyl (C=O) groups excluding carboxylic acids is 1. The fourth-order valence-electron chi connectivity index (χ4n) is 4.04. The molecule has 0 aromatic carbocycles. The van der Waals surface area contributed by atoms with E-state index in [4.69, 9.17) is 9.73 Å². The number of carbonyl (C=O) groups is 1. The highest BCUT2D eigenvalue weighted by molar-refractivity contribution is 14.0. The van der Waals surface area contributed by atoms with Gasteiger partial charge in [0.05, 0.1) is 12.6 Å². The maximum Gasteiger partial charge on any atom is 0.224 e. The van der Waals surface area contributed by atoms with Crippen LogP contribution in [-0.4, -0.2) is 91.7 Å². The Morgan fingerprint density at radius 1 is 1.13 bits per heavy atom. The average Bonchev–Trinajstić information content (AvgIpc) is 2.80. The van der Waals surface area contributed by atoms with E-state index in [0.29, 0.717) is 19.1 Å². The maximum absolute atomic E-state index is 12.6. The highest BCUT2D eigenvalue weighted by Gasteiger charge is 2.23. The van der Waals surface area contributed by atoms with Crippen molar-refractivity contribution in [1.29, 1.82) is 0 Å². The zero-order valence-electron chi connectivity index (χ0n) is 18.8. The van der Waals surface area contributed by atoms with Crippen LogP contribution in [0.25, 0.3) is 0 Å². The molecule has 1 aromatic heterocycles. The molecule has 2 fully saturated rings. The van der Waals surface area contributed by atoms with Crippen molar-refractivity contribution in [3.8, 4) is 0 Å². The monoisotopic (exact) mass is 544 g/mol. The Hall–Kier alpha value is -1.62. The number of halogens is 1. The molecule has 1 N–H and O–H groups in total. The smallest absolute Gasteiger partial charge is 0.224 e. The van der Waals surface area contributed by atoms with Crippen LogP contribution in [0, 0.1) is 0 Å². The summed E-state index contributed by atoms with van der Waals surface area (Å²) in [5.41, 5.74) is 0. The molecule has 9 heteroatoms. The van der Waals surface area contributed by atoms with E-state index in [9.17, 15) is 4.79 Å². The molecule has 2 saturated heterocycles. The molecule has 1 amide bonds. The molecule has 3 rings (SSSR count). The number of nitrogens with zero attached hydrogens (tertiary/aromatic N) is 5. The lowest BCUT2D eigenvalue weighted by Gasteiger charge is -2.35. The van der Waals surface area contributed by atoms with Gasteiger partial charge < -0.3 is 24.8 Å². The summed E-state index contributed by atoms with van der Waals surface area (Å²) < 4.78 is 5.74. The number of nitrogens with one attached hydrogen (secondary N) is 1. The van der Waals surface area contributed by atoms with E-state index in [1.165, 1.54) is 0 Å².